The van der Waals surface area contributed by atoms with Crippen molar-refractivity contribution in [3.8, 4) is 0 Å². The normalized spacial score (nSPS) is 11.3. The van der Waals surface area contributed by atoms with Gasteiger partial charge in [-0.15, -0.1) is 24.0 Å². The molecule has 2 aromatic carbocycles. The van der Waals surface area contributed by atoms with Gasteiger partial charge in [-0.3, -0.25) is 4.99 Å². The van der Waals surface area contributed by atoms with Gasteiger partial charge in [-0.2, -0.15) is 0 Å². The lowest BCUT2D eigenvalue weighted by molar-refractivity contribution is 0.477. The molecule has 3 aromatic rings. The zero-order valence-corrected chi connectivity index (χ0v) is 17.3. The molecule has 0 spiro atoms. The Morgan fingerprint density at radius 2 is 1.96 bits per heavy atom. The molecular formula is C20H24FIN4. The predicted octanol–water partition coefficient (Wildman–Crippen LogP) is 4.17. The van der Waals surface area contributed by atoms with E-state index in [2.05, 4.69) is 32.3 Å². The minimum atomic E-state index is -0.220. The van der Waals surface area contributed by atoms with E-state index in [4.69, 9.17) is 0 Å². The summed E-state index contributed by atoms with van der Waals surface area (Å²) in [4.78, 5) is 9.58. The van der Waals surface area contributed by atoms with E-state index in [9.17, 15) is 4.39 Å². The van der Waals surface area contributed by atoms with E-state index in [-0.39, 0.29) is 29.8 Å². The first kappa shape index (κ1) is 20.2. The highest BCUT2D eigenvalue weighted by Crippen LogP contribution is 2.19. The first-order valence-electron chi connectivity index (χ1n) is 8.38. The molecule has 3 rings (SSSR count). The summed E-state index contributed by atoms with van der Waals surface area (Å²) in [5, 5.41) is 4.46. The van der Waals surface area contributed by atoms with Crippen molar-refractivity contribution in [2.24, 2.45) is 4.99 Å². The van der Waals surface area contributed by atoms with Gasteiger partial charge in [0.05, 0.1) is 0 Å². The zero-order chi connectivity index (χ0) is 17.6. The summed E-state index contributed by atoms with van der Waals surface area (Å²) < 4.78 is 13.3. The maximum absolute atomic E-state index is 13.3. The minimum absolute atomic E-state index is 0. The van der Waals surface area contributed by atoms with Crippen LogP contribution in [0.5, 0.6) is 0 Å². The smallest absolute Gasteiger partial charge is 0.193 e. The molecule has 2 N–H and O–H groups in total. The van der Waals surface area contributed by atoms with Crippen LogP contribution in [0.15, 0.2) is 59.7 Å². The van der Waals surface area contributed by atoms with Crippen molar-refractivity contribution in [2.75, 3.05) is 20.6 Å². The van der Waals surface area contributed by atoms with Crippen LogP contribution in [0, 0.1) is 5.82 Å². The van der Waals surface area contributed by atoms with E-state index < -0.39 is 0 Å². The number of rotatable bonds is 5. The molecule has 1 aromatic heterocycles. The maximum Gasteiger partial charge on any atom is 0.193 e. The Morgan fingerprint density at radius 1 is 1.19 bits per heavy atom. The van der Waals surface area contributed by atoms with E-state index in [0.717, 1.165) is 36.4 Å². The number of hydrogen-bond donors (Lipinski definition) is 2. The van der Waals surface area contributed by atoms with Crippen LogP contribution < -0.4 is 5.32 Å². The van der Waals surface area contributed by atoms with Crippen LogP contribution in [-0.2, 0) is 13.0 Å². The van der Waals surface area contributed by atoms with Crippen molar-refractivity contribution < 1.29 is 4.39 Å². The third-order valence-electron chi connectivity index (χ3n) is 4.24. The summed E-state index contributed by atoms with van der Waals surface area (Å²) in [6.07, 6.45) is 2.78. The number of nitrogens with one attached hydrogen (secondary N) is 2. The van der Waals surface area contributed by atoms with Gasteiger partial charge in [-0.1, -0.05) is 30.3 Å². The van der Waals surface area contributed by atoms with Crippen molar-refractivity contribution >= 4 is 40.8 Å². The highest BCUT2D eigenvalue weighted by molar-refractivity contribution is 14.0. The first-order chi connectivity index (χ1) is 12.2. The van der Waals surface area contributed by atoms with Crippen molar-refractivity contribution in [3.63, 3.8) is 0 Å². The number of guanidine groups is 1. The molecule has 0 fully saturated rings. The molecule has 138 valence electrons. The molecule has 0 saturated carbocycles. The Morgan fingerprint density at radius 3 is 2.69 bits per heavy atom. The summed E-state index contributed by atoms with van der Waals surface area (Å²) in [7, 11) is 3.81. The third-order valence-corrected chi connectivity index (χ3v) is 4.24. The Bertz CT molecular complexity index is 861. The van der Waals surface area contributed by atoms with E-state index in [1.165, 1.54) is 23.3 Å². The van der Waals surface area contributed by atoms with Crippen molar-refractivity contribution in [3.05, 3.63) is 71.7 Å². The number of benzene rings is 2. The Hall–Kier alpha value is -2.09. The molecule has 0 aliphatic heterocycles. The zero-order valence-electron chi connectivity index (χ0n) is 15.0. The number of nitrogens with zero attached hydrogens (tertiary/aromatic N) is 2. The number of aliphatic imine (C=N–C) groups is 1. The molecule has 0 radical (unpaired) electrons. The van der Waals surface area contributed by atoms with Crippen LogP contribution in [0.1, 0.15) is 11.1 Å². The molecule has 1 heterocycles. The van der Waals surface area contributed by atoms with E-state index in [1.807, 2.05) is 37.5 Å². The van der Waals surface area contributed by atoms with E-state index in [0.29, 0.717) is 0 Å². The number of hydrogen-bond acceptors (Lipinski definition) is 1. The highest BCUT2D eigenvalue weighted by atomic mass is 127. The molecule has 0 unspecified atom stereocenters. The minimum Gasteiger partial charge on any atom is -0.361 e. The fourth-order valence-corrected chi connectivity index (χ4v) is 2.99. The van der Waals surface area contributed by atoms with Crippen LogP contribution in [0.2, 0.25) is 0 Å². The molecule has 0 aliphatic rings. The fourth-order valence-electron chi connectivity index (χ4n) is 2.99. The van der Waals surface area contributed by atoms with E-state index >= 15 is 0 Å². The molecular weight excluding hydrogens is 442 g/mol. The number of halogens is 2. The van der Waals surface area contributed by atoms with Crippen molar-refractivity contribution in [2.45, 2.75) is 13.0 Å². The topological polar surface area (TPSA) is 43.4 Å². The van der Waals surface area contributed by atoms with Crippen LogP contribution in [0.3, 0.4) is 0 Å². The average molecular weight is 466 g/mol. The second kappa shape index (κ2) is 9.56. The fraction of sp³-hybridized carbons (Fsp3) is 0.250. The van der Waals surface area contributed by atoms with E-state index in [1.54, 1.807) is 7.05 Å². The molecule has 0 amide bonds. The lowest BCUT2D eigenvalue weighted by Gasteiger charge is -2.22. The van der Waals surface area contributed by atoms with Gasteiger partial charge in [0, 0.05) is 44.3 Å². The van der Waals surface area contributed by atoms with Crippen LogP contribution >= 0.6 is 24.0 Å². The maximum atomic E-state index is 13.3. The van der Waals surface area contributed by atoms with Gasteiger partial charge < -0.3 is 15.2 Å². The third kappa shape index (κ3) is 4.97. The quantitative estimate of drug-likeness (QED) is 0.337. The summed E-state index contributed by atoms with van der Waals surface area (Å²) in [6.45, 7) is 1.56. The molecule has 0 atom stereocenters. The number of aromatic nitrogens is 1. The summed E-state index contributed by atoms with van der Waals surface area (Å²) >= 11 is 0. The van der Waals surface area contributed by atoms with Crippen LogP contribution in [0.25, 0.3) is 10.9 Å². The number of fused-ring (bicyclic) bond motifs is 1. The molecule has 0 bridgehead atoms. The SMILES string of the molecule is CN=C(NCCc1c[nH]c2cc(F)ccc12)N(C)Cc1ccccc1.I. The highest BCUT2D eigenvalue weighted by Gasteiger charge is 2.08. The Balaban J connectivity index is 0.00000243. The lowest BCUT2D eigenvalue weighted by atomic mass is 10.1. The van der Waals surface area contributed by atoms with Crippen molar-refractivity contribution in [1.82, 2.24) is 15.2 Å². The second-order valence-corrected chi connectivity index (χ2v) is 6.07. The number of H-pyrrole nitrogens is 1. The van der Waals surface area contributed by atoms with Crippen LogP contribution in [0.4, 0.5) is 4.39 Å². The Labute approximate surface area is 170 Å². The number of aromatic amines is 1. The molecule has 6 heteroatoms. The van der Waals surface area contributed by atoms with Gasteiger partial charge in [-0.05, 0) is 35.7 Å². The summed E-state index contributed by atoms with van der Waals surface area (Å²) in [5.41, 5.74) is 3.25. The van der Waals surface area contributed by atoms with Gasteiger partial charge in [0.25, 0.3) is 0 Å². The molecule has 0 aliphatic carbocycles. The van der Waals surface area contributed by atoms with Crippen LogP contribution in [-0.4, -0.2) is 36.5 Å². The predicted molar refractivity (Wildman–Crippen MR) is 117 cm³/mol. The van der Waals surface area contributed by atoms with Gasteiger partial charge in [0.15, 0.2) is 5.96 Å². The molecule has 0 saturated heterocycles. The first-order valence-corrected chi connectivity index (χ1v) is 8.38. The largest absolute Gasteiger partial charge is 0.361 e. The summed E-state index contributed by atoms with van der Waals surface area (Å²) in [5.74, 6) is 0.636. The van der Waals surface area contributed by atoms with Gasteiger partial charge >= 0.3 is 0 Å². The summed E-state index contributed by atoms with van der Waals surface area (Å²) in [6, 6.07) is 15.2. The Kier molecular flexibility index (Phi) is 7.44. The van der Waals surface area contributed by atoms with Crippen molar-refractivity contribution in [1.29, 1.82) is 0 Å². The molecule has 26 heavy (non-hydrogen) atoms. The molecule has 4 nitrogen and oxygen atoms in total. The standard InChI is InChI=1S/C20H23FN4.HI/c1-22-20(25(2)14-15-6-4-3-5-7-15)23-11-10-16-13-24-19-12-17(21)8-9-18(16)19;/h3-9,12-13,24H,10-11,14H2,1-2H3,(H,22,23);1H. The second-order valence-electron chi connectivity index (χ2n) is 6.07. The average Bonchev–Trinajstić information content (AvgIpc) is 3.01. The monoisotopic (exact) mass is 466 g/mol. The lowest BCUT2D eigenvalue weighted by Crippen LogP contribution is -2.39. The van der Waals surface area contributed by atoms with Gasteiger partial charge in [-0.25, -0.2) is 4.39 Å². The van der Waals surface area contributed by atoms with Gasteiger partial charge in [0.1, 0.15) is 5.82 Å². The van der Waals surface area contributed by atoms with Gasteiger partial charge in [0.2, 0.25) is 0 Å².